The van der Waals surface area contributed by atoms with Gasteiger partial charge in [0.1, 0.15) is 0 Å². The molecule has 20 nitrogen and oxygen atoms in total. The number of rotatable bonds is 0. The molecule has 0 aromatic carbocycles. The molecule has 0 bridgehead atoms. The van der Waals surface area contributed by atoms with Gasteiger partial charge in [-0.2, -0.15) is 0 Å². The molecular formula is CaLaN5O15. The van der Waals surface area contributed by atoms with E-state index in [1.165, 1.54) is 0 Å². The van der Waals surface area contributed by atoms with Gasteiger partial charge in [0.25, 0.3) is 0 Å². The molecule has 22 heteroatoms. The monoisotopic (exact) mass is 489 g/mol. The molecule has 0 rings (SSSR count). The zero-order valence-electron chi connectivity index (χ0n) is 9.64. The van der Waals surface area contributed by atoms with E-state index in [-0.39, 0.29) is 73.3 Å². The van der Waals surface area contributed by atoms with Crippen LogP contribution in [0.15, 0.2) is 0 Å². The van der Waals surface area contributed by atoms with Crippen molar-refractivity contribution in [2.75, 3.05) is 0 Å². The Kier molecular flexibility index (Phi) is 71.1. The van der Waals surface area contributed by atoms with E-state index in [0.29, 0.717) is 0 Å². The third-order valence-electron chi connectivity index (χ3n) is 0. The van der Waals surface area contributed by atoms with Crippen LogP contribution >= 0.6 is 0 Å². The molecule has 0 aromatic heterocycles. The van der Waals surface area contributed by atoms with Gasteiger partial charge in [0.15, 0.2) is 0 Å². The van der Waals surface area contributed by atoms with E-state index in [1.54, 1.807) is 0 Å². The molecule has 0 spiro atoms. The van der Waals surface area contributed by atoms with Crippen molar-refractivity contribution in [3.8, 4) is 0 Å². The average molecular weight is 489 g/mol. The zero-order valence-corrected chi connectivity index (χ0v) is 15.5. The number of nitrogens with zero attached hydrogens (tertiary/aromatic N) is 5. The molecule has 0 amide bonds. The van der Waals surface area contributed by atoms with Crippen LogP contribution in [0.3, 0.4) is 0 Å². The number of hydrogen-bond donors (Lipinski definition) is 0. The fraction of sp³-hybridized carbons (Fsp3) is 0. The van der Waals surface area contributed by atoms with E-state index in [9.17, 15) is 0 Å². The predicted molar refractivity (Wildman–Crippen MR) is 57.6 cm³/mol. The van der Waals surface area contributed by atoms with Crippen LogP contribution in [0.1, 0.15) is 0 Å². The quantitative estimate of drug-likeness (QED) is 0.210. The molecule has 0 radical (unpaired) electrons. The Bertz CT molecular complexity index is 213. The van der Waals surface area contributed by atoms with Gasteiger partial charge in [-0.25, -0.2) is 0 Å². The minimum Gasteiger partial charge on any atom is -0.356 e. The van der Waals surface area contributed by atoms with E-state index >= 15 is 0 Å². The minimum absolute atomic E-state index is 0. The molecular weight excluding hydrogens is 489 g/mol. The maximum atomic E-state index is 8.25. The predicted octanol–water partition coefficient (Wildman–Crippen LogP) is -1.58. The van der Waals surface area contributed by atoms with Gasteiger partial charge in [-0.15, -0.1) is 0 Å². The second-order valence-electron chi connectivity index (χ2n) is 1.12. The second-order valence-corrected chi connectivity index (χ2v) is 1.12. The Morgan fingerprint density at radius 2 is 0.364 bits per heavy atom. The normalized spacial score (nSPS) is 5.45. The largest absolute Gasteiger partial charge is 3.00 e. The first-order valence-corrected chi connectivity index (χ1v) is 2.74. The molecule has 22 heavy (non-hydrogen) atoms. The van der Waals surface area contributed by atoms with Crippen molar-refractivity contribution in [1.29, 1.82) is 0 Å². The van der Waals surface area contributed by atoms with E-state index in [1.807, 2.05) is 0 Å². The summed E-state index contributed by atoms with van der Waals surface area (Å²) in [4.78, 5) is 41.2. The molecule has 0 heterocycles. The molecule has 0 atom stereocenters. The van der Waals surface area contributed by atoms with Crippen molar-refractivity contribution in [2.24, 2.45) is 0 Å². The third-order valence-corrected chi connectivity index (χ3v) is 0. The van der Waals surface area contributed by atoms with Gasteiger partial charge in [0.05, 0.1) is 25.4 Å². The van der Waals surface area contributed by atoms with Crippen molar-refractivity contribution in [1.82, 2.24) is 0 Å². The second kappa shape index (κ2) is 36.6. The van der Waals surface area contributed by atoms with Crippen LogP contribution in [0.25, 0.3) is 0 Å². The van der Waals surface area contributed by atoms with Crippen molar-refractivity contribution in [3.05, 3.63) is 76.6 Å². The first-order chi connectivity index (χ1) is 8.66. The summed E-state index contributed by atoms with van der Waals surface area (Å²) in [6.07, 6.45) is 0. The van der Waals surface area contributed by atoms with Gasteiger partial charge < -0.3 is 76.6 Å². The summed E-state index contributed by atoms with van der Waals surface area (Å²) >= 11 is 0. The molecule has 120 valence electrons. The standard InChI is InChI=1S/Ca.La.5NO3/c;;5*2-1(3)4/q+2;+3;5*-1. The van der Waals surface area contributed by atoms with Crippen LogP contribution in [-0.2, 0) is 0 Å². The molecule has 0 N–H and O–H groups in total. The van der Waals surface area contributed by atoms with Gasteiger partial charge in [-0.05, 0) is 0 Å². The summed E-state index contributed by atoms with van der Waals surface area (Å²) in [5.74, 6) is 0. The van der Waals surface area contributed by atoms with Gasteiger partial charge in [0.2, 0.25) is 0 Å². The zero-order chi connectivity index (χ0) is 17.9. The van der Waals surface area contributed by atoms with Gasteiger partial charge in [0, 0.05) is 0 Å². The van der Waals surface area contributed by atoms with Gasteiger partial charge in [-0.3, -0.25) is 0 Å². The smallest absolute Gasteiger partial charge is 0.356 e. The summed E-state index contributed by atoms with van der Waals surface area (Å²) in [6.45, 7) is 0. The van der Waals surface area contributed by atoms with Gasteiger partial charge in [-0.1, -0.05) is 0 Å². The topological polar surface area (TPSA) is 331 Å². The summed E-state index contributed by atoms with van der Waals surface area (Å²) in [5, 5.41) is 73.8. The SMILES string of the molecule is O=[N+]([O-])[O-].O=[N+]([O-])[O-].O=[N+]([O-])[O-].O=[N+]([O-])[O-].O=[N+]([O-])[O-].[Ca+2].[La+3]. The Morgan fingerprint density at radius 3 is 0.364 bits per heavy atom. The van der Waals surface area contributed by atoms with Crippen LogP contribution < -0.4 is 0 Å². The molecule has 0 aliphatic carbocycles. The molecule has 0 aliphatic heterocycles. The average Bonchev–Trinajstić information content (AvgIpc) is 1.94. The van der Waals surface area contributed by atoms with Crippen LogP contribution in [-0.4, -0.2) is 63.2 Å². The molecule has 0 unspecified atom stereocenters. The number of hydrogen-bond acceptors (Lipinski definition) is 15. The Balaban J connectivity index is -0.0000000250. The van der Waals surface area contributed by atoms with Crippen LogP contribution in [0.2, 0.25) is 0 Å². The fourth-order valence-corrected chi connectivity index (χ4v) is 0. The summed E-state index contributed by atoms with van der Waals surface area (Å²) < 4.78 is 0. The first-order valence-electron chi connectivity index (χ1n) is 2.74. The maximum absolute atomic E-state index is 8.25. The molecule has 0 saturated carbocycles. The summed E-state index contributed by atoms with van der Waals surface area (Å²) in [5.41, 5.74) is 0. The van der Waals surface area contributed by atoms with Crippen molar-refractivity contribution >= 4 is 37.7 Å². The van der Waals surface area contributed by atoms with Crippen molar-refractivity contribution in [3.63, 3.8) is 0 Å². The van der Waals surface area contributed by atoms with Crippen molar-refractivity contribution < 1.29 is 61.0 Å². The summed E-state index contributed by atoms with van der Waals surface area (Å²) in [6, 6.07) is 0. The Labute approximate surface area is 174 Å². The maximum Gasteiger partial charge on any atom is 3.00 e. The van der Waals surface area contributed by atoms with Crippen LogP contribution in [0.4, 0.5) is 0 Å². The first kappa shape index (κ1) is 42.8. The van der Waals surface area contributed by atoms with Crippen molar-refractivity contribution in [2.45, 2.75) is 0 Å². The third kappa shape index (κ3) is 2350. The molecule has 0 saturated heterocycles. The minimum atomic E-state index is -1.75. The van der Waals surface area contributed by atoms with E-state index < -0.39 is 25.4 Å². The molecule has 0 aliphatic rings. The van der Waals surface area contributed by atoms with Crippen LogP contribution in [0.5, 0.6) is 0 Å². The Morgan fingerprint density at radius 1 is 0.364 bits per heavy atom. The molecule has 0 fully saturated rings. The van der Waals surface area contributed by atoms with E-state index in [2.05, 4.69) is 0 Å². The van der Waals surface area contributed by atoms with E-state index in [4.69, 9.17) is 76.6 Å². The van der Waals surface area contributed by atoms with E-state index in [0.717, 1.165) is 0 Å². The Hall–Kier alpha value is -1.55. The van der Waals surface area contributed by atoms with Crippen LogP contribution in [0, 0.1) is 112 Å². The summed E-state index contributed by atoms with van der Waals surface area (Å²) in [7, 11) is 0. The fourth-order valence-electron chi connectivity index (χ4n) is 0. The van der Waals surface area contributed by atoms with Gasteiger partial charge >= 0.3 is 73.3 Å². The molecule has 0 aromatic rings.